The van der Waals surface area contributed by atoms with Crippen LogP contribution in [0.3, 0.4) is 0 Å². The van der Waals surface area contributed by atoms with Gasteiger partial charge in [0.1, 0.15) is 24.2 Å². The topological polar surface area (TPSA) is 114 Å². The van der Waals surface area contributed by atoms with Crippen molar-refractivity contribution in [2.24, 2.45) is 0 Å². The normalized spacial score (nSPS) is 9.58. The summed E-state index contributed by atoms with van der Waals surface area (Å²) in [5.74, 6) is 0.609. The number of benzene rings is 1. The molecule has 0 saturated carbocycles. The number of hydrogen-bond acceptors (Lipinski definition) is 6. The van der Waals surface area contributed by atoms with E-state index in [0.29, 0.717) is 17.1 Å². The SMILES string of the molecule is N#CCCN(CCC#N)C(=O)c1ccc(COc2ccccc2C#N)o1. The maximum absolute atomic E-state index is 12.5. The third-order valence-corrected chi connectivity index (χ3v) is 3.52. The van der Waals surface area contributed by atoms with Gasteiger partial charge in [-0.15, -0.1) is 0 Å². The van der Waals surface area contributed by atoms with E-state index >= 15 is 0 Å². The summed E-state index contributed by atoms with van der Waals surface area (Å²) in [5, 5.41) is 26.5. The predicted molar refractivity (Wildman–Crippen MR) is 90.6 cm³/mol. The molecule has 1 heterocycles. The van der Waals surface area contributed by atoms with Gasteiger partial charge in [0.15, 0.2) is 5.76 Å². The second-order valence-corrected chi connectivity index (χ2v) is 5.27. The number of nitriles is 3. The minimum Gasteiger partial charge on any atom is -0.484 e. The van der Waals surface area contributed by atoms with E-state index in [1.54, 1.807) is 30.3 Å². The van der Waals surface area contributed by atoms with E-state index < -0.39 is 0 Å². The molecule has 0 saturated heterocycles. The first-order chi connectivity index (χ1) is 12.7. The minimum atomic E-state index is -0.376. The van der Waals surface area contributed by atoms with E-state index in [1.165, 1.54) is 11.0 Å². The van der Waals surface area contributed by atoms with Gasteiger partial charge in [-0.25, -0.2) is 0 Å². The molecule has 0 atom stereocenters. The molecule has 1 aromatic heterocycles. The Morgan fingerprint density at radius 1 is 1.04 bits per heavy atom. The summed E-state index contributed by atoms with van der Waals surface area (Å²) in [4.78, 5) is 13.9. The molecule has 0 spiro atoms. The van der Waals surface area contributed by atoms with Gasteiger partial charge in [-0.3, -0.25) is 4.79 Å². The summed E-state index contributed by atoms with van der Waals surface area (Å²) in [5.41, 5.74) is 0.412. The van der Waals surface area contributed by atoms with Gasteiger partial charge in [-0.1, -0.05) is 12.1 Å². The molecular formula is C19H16N4O3. The second-order valence-electron chi connectivity index (χ2n) is 5.27. The third kappa shape index (κ3) is 4.87. The van der Waals surface area contributed by atoms with Crippen molar-refractivity contribution >= 4 is 5.91 Å². The van der Waals surface area contributed by atoms with Crippen LogP contribution in [0.2, 0.25) is 0 Å². The molecule has 26 heavy (non-hydrogen) atoms. The fourth-order valence-electron chi connectivity index (χ4n) is 2.24. The lowest BCUT2D eigenvalue weighted by Crippen LogP contribution is -2.32. The van der Waals surface area contributed by atoms with Crippen LogP contribution in [0.15, 0.2) is 40.8 Å². The monoisotopic (exact) mass is 348 g/mol. The Balaban J connectivity index is 2.03. The molecule has 0 radical (unpaired) electrons. The molecule has 0 aliphatic carbocycles. The van der Waals surface area contributed by atoms with Crippen molar-refractivity contribution < 1.29 is 13.9 Å². The molecule has 0 aliphatic rings. The Morgan fingerprint density at radius 3 is 2.38 bits per heavy atom. The van der Waals surface area contributed by atoms with Gasteiger partial charge < -0.3 is 14.1 Å². The second kappa shape index (κ2) is 9.52. The smallest absolute Gasteiger partial charge is 0.289 e. The van der Waals surface area contributed by atoms with Crippen LogP contribution in [0.5, 0.6) is 5.75 Å². The summed E-state index contributed by atoms with van der Waals surface area (Å²) >= 11 is 0. The number of carbonyl (C=O) groups is 1. The largest absolute Gasteiger partial charge is 0.484 e. The molecule has 1 amide bonds. The number of furan rings is 1. The molecule has 2 aromatic rings. The Labute approximate surface area is 151 Å². The Morgan fingerprint density at radius 2 is 1.73 bits per heavy atom. The third-order valence-electron chi connectivity index (χ3n) is 3.52. The zero-order valence-corrected chi connectivity index (χ0v) is 14.0. The van der Waals surface area contributed by atoms with Crippen molar-refractivity contribution in [2.45, 2.75) is 19.4 Å². The lowest BCUT2D eigenvalue weighted by Gasteiger charge is -2.18. The maximum Gasteiger partial charge on any atom is 0.289 e. The van der Waals surface area contributed by atoms with E-state index in [1.807, 2.05) is 18.2 Å². The molecule has 0 aliphatic heterocycles. The van der Waals surface area contributed by atoms with Crippen molar-refractivity contribution in [3.8, 4) is 24.0 Å². The highest BCUT2D eigenvalue weighted by atomic mass is 16.5. The van der Waals surface area contributed by atoms with Crippen molar-refractivity contribution in [3.05, 3.63) is 53.5 Å². The number of para-hydroxylation sites is 1. The lowest BCUT2D eigenvalue weighted by atomic mass is 10.2. The molecule has 130 valence electrons. The summed E-state index contributed by atoms with van der Waals surface area (Å²) < 4.78 is 11.1. The fourth-order valence-corrected chi connectivity index (χ4v) is 2.24. The van der Waals surface area contributed by atoms with Gasteiger partial charge in [0.2, 0.25) is 0 Å². The summed E-state index contributed by atoms with van der Waals surface area (Å²) in [6.45, 7) is 0.542. The highest BCUT2D eigenvalue weighted by Gasteiger charge is 2.19. The van der Waals surface area contributed by atoms with Crippen molar-refractivity contribution in [1.82, 2.24) is 4.90 Å². The van der Waals surface area contributed by atoms with Crippen LogP contribution in [0.1, 0.15) is 34.7 Å². The number of amides is 1. The molecule has 7 heteroatoms. The van der Waals surface area contributed by atoms with Crippen LogP contribution in [-0.2, 0) is 6.61 Å². The van der Waals surface area contributed by atoms with Crippen LogP contribution in [0.4, 0.5) is 0 Å². The molecule has 7 nitrogen and oxygen atoms in total. The summed E-state index contributed by atoms with van der Waals surface area (Å²) in [6, 6.07) is 16.0. The number of hydrogen-bond donors (Lipinski definition) is 0. The van der Waals surface area contributed by atoms with Crippen molar-refractivity contribution in [3.63, 3.8) is 0 Å². The number of carbonyl (C=O) groups excluding carboxylic acids is 1. The van der Waals surface area contributed by atoms with Crippen molar-refractivity contribution in [2.75, 3.05) is 13.1 Å². The number of ether oxygens (including phenoxy) is 1. The molecule has 1 aromatic carbocycles. The standard InChI is InChI=1S/C19H16N4O3/c20-9-3-11-23(12-4-10-21)19(24)18-8-7-16(26-18)14-25-17-6-2-1-5-15(17)13-22/h1-2,5-8H,3-4,11-12,14H2. The Bertz CT molecular complexity index is 865. The quantitative estimate of drug-likeness (QED) is 0.724. The molecular weight excluding hydrogens is 332 g/mol. The number of nitrogens with zero attached hydrogens (tertiary/aromatic N) is 4. The van der Waals surface area contributed by atoms with Gasteiger partial charge in [-0.05, 0) is 24.3 Å². The highest BCUT2D eigenvalue weighted by molar-refractivity contribution is 5.91. The summed E-state index contributed by atoms with van der Waals surface area (Å²) in [6.07, 6.45) is 0.359. The first-order valence-corrected chi connectivity index (χ1v) is 7.93. The highest BCUT2D eigenvalue weighted by Crippen LogP contribution is 2.19. The van der Waals surface area contributed by atoms with Gasteiger partial charge in [0.25, 0.3) is 5.91 Å². The van der Waals surface area contributed by atoms with Crippen LogP contribution in [-0.4, -0.2) is 23.9 Å². The minimum absolute atomic E-state index is 0.0718. The Hall–Kier alpha value is -3.76. The molecule has 2 rings (SSSR count). The molecule has 0 N–H and O–H groups in total. The van der Waals surface area contributed by atoms with Crippen LogP contribution in [0, 0.1) is 34.0 Å². The predicted octanol–water partition coefficient (Wildman–Crippen LogP) is 3.00. The van der Waals surface area contributed by atoms with Crippen LogP contribution in [0.25, 0.3) is 0 Å². The van der Waals surface area contributed by atoms with E-state index in [4.69, 9.17) is 24.9 Å². The first kappa shape index (κ1) is 18.6. The average molecular weight is 348 g/mol. The lowest BCUT2D eigenvalue weighted by molar-refractivity contribution is 0.0726. The Kier molecular flexibility index (Phi) is 6.80. The molecule has 0 fully saturated rings. The van der Waals surface area contributed by atoms with E-state index in [2.05, 4.69) is 0 Å². The molecule has 0 bridgehead atoms. The van der Waals surface area contributed by atoms with E-state index in [-0.39, 0.29) is 44.2 Å². The van der Waals surface area contributed by atoms with Crippen molar-refractivity contribution in [1.29, 1.82) is 15.8 Å². The maximum atomic E-state index is 12.5. The van der Waals surface area contributed by atoms with Gasteiger partial charge >= 0.3 is 0 Å². The van der Waals surface area contributed by atoms with E-state index in [9.17, 15) is 4.79 Å². The zero-order chi connectivity index (χ0) is 18.8. The fraction of sp³-hybridized carbons (Fsp3) is 0.263. The van der Waals surface area contributed by atoms with E-state index in [0.717, 1.165) is 0 Å². The summed E-state index contributed by atoms with van der Waals surface area (Å²) in [7, 11) is 0. The van der Waals surface area contributed by atoms with Crippen LogP contribution < -0.4 is 4.74 Å². The zero-order valence-electron chi connectivity index (χ0n) is 14.0. The van der Waals surface area contributed by atoms with Gasteiger partial charge in [0.05, 0.1) is 30.5 Å². The first-order valence-electron chi connectivity index (χ1n) is 7.93. The molecule has 0 unspecified atom stereocenters. The van der Waals surface area contributed by atoms with Crippen LogP contribution >= 0.6 is 0 Å². The van der Waals surface area contributed by atoms with Gasteiger partial charge in [0, 0.05) is 13.1 Å². The average Bonchev–Trinajstić information content (AvgIpc) is 3.15. The van der Waals surface area contributed by atoms with Gasteiger partial charge in [-0.2, -0.15) is 15.8 Å². The number of rotatable bonds is 8.